The highest BCUT2D eigenvalue weighted by molar-refractivity contribution is 5.37. The summed E-state index contributed by atoms with van der Waals surface area (Å²) in [6.45, 7) is 1.27. The molecule has 0 fully saturated rings. The molecule has 0 saturated heterocycles. The van der Waals surface area contributed by atoms with Gasteiger partial charge in [-0.1, -0.05) is 6.92 Å². The van der Waals surface area contributed by atoms with Gasteiger partial charge in [-0.15, -0.1) is 0 Å². The molecule has 0 saturated carbocycles. The molecule has 0 bridgehead atoms. The first-order valence-corrected chi connectivity index (χ1v) is 5.99. The zero-order valence-corrected chi connectivity index (χ0v) is 10.9. The fourth-order valence-electron chi connectivity index (χ4n) is 1.53. The van der Waals surface area contributed by atoms with Crippen molar-refractivity contribution in [1.82, 2.24) is 29.7 Å². The number of aromatic nitrogens is 6. The van der Waals surface area contributed by atoms with Crippen molar-refractivity contribution in [3.8, 4) is 5.95 Å². The van der Waals surface area contributed by atoms with E-state index in [1.54, 1.807) is 0 Å². The number of anilines is 2. The summed E-state index contributed by atoms with van der Waals surface area (Å²) < 4.78 is 1.33. The number of hydrogen-bond acceptors (Lipinski definition) is 9. The predicted octanol–water partition coefficient (Wildman–Crippen LogP) is -1.42. The van der Waals surface area contributed by atoms with Gasteiger partial charge in [0.25, 0.3) is 5.95 Å². The maximum absolute atomic E-state index is 9.41. The summed E-state index contributed by atoms with van der Waals surface area (Å²) in [5, 5.41) is 25.6. The van der Waals surface area contributed by atoms with Crippen LogP contribution in [0.2, 0.25) is 0 Å². The molecule has 0 unspecified atom stereocenters. The fourth-order valence-corrected chi connectivity index (χ4v) is 1.53. The summed E-state index contributed by atoms with van der Waals surface area (Å²) >= 11 is 0. The first-order valence-electron chi connectivity index (χ1n) is 5.99. The van der Waals surface area contributed by atoms with Crippen LogP contribution in [-0.2, 0) is 0 Å². The lowest BCUT2D eigenvalue weighted by Gasteiger charge is -2.29. The van der Waals surface area contributed by atoms with Gasteiger partial charge in [0.15, 0.2) is 0 Å². The molecule has 2 heterocycles. The van der Waals surface area contributed by atoms with Gasteiger partial charge in [0.2, 0.25) is 11.9 Å². The van der Waals surface area contributed by atoms with E-state index in [0.717, 1.165) is 0 Å². The number of nitrogen functional groups attached to an aromatic ring is 1. The maximum Gasteiger partial charge on any atom is 0.258 e. The second-order valence-electron chi connectivity index (χ2n) is 4.23. The Balaban J connectivity index is 2.33. The number of rotatable bonds is 6. The molecule has 0 radical (unpaired) electrons. The van der Waals surface area contributed by atoms with Gasteiger partial charge >= 0.3 is 0 Å². The van der Waals surface area contributed by atoms with E-state index in [2.05, 4.69) is 30.4 Å². The van der Waals surface area contributed by atoms with Gasteiger partial charge in [-0.05, 0) is 6.42 Å². The highest BCUT2D eigenvalue weighted by Gasteiger charge is 2.27. The Kier molecular flexibility index (Phi) is 4.05. The van der Waals surface area contributed by atoms with Crippen LogP contribution in [-0.4, -0.2) is 58.7 Å². The topological polar surface area (TPSA) is 148 Å². The molecule has 0 aliphatic carbocycles. The second kappa shape index (κ2) is 5.75. The van der Waals surface area contributed by atoms with Gasteiger partial charge in [0.1, 0.15) is 12.7 Å². The Morgan fingerprint density at radius 1 is 1.30 bits per heavy atom. The molecular weight excluding hydrogens is 264 g/mol. The molecule has 0 aliphatic rings. The van der Waals surface area contributed by atoms with Gasteiger partial charge in [0, 0.05) is 0 Å². The van der Waals surface area contributed by atoms with Crippen molar-refractivity contribution in [2.24, 2.45) is 0 Å². The highest BCUT2D eigenvalue weighted by atomic mass is 16.3. The van der Waals surface area contributed by atoms with E-state index in [9.17, 15) is 10.2 Å². The third-order valence-electron chi connectivity index (χ3n) is 2.92. The lowest BCUT2D eigenvalue weighted by atomic mass is 9.99. The predicted molar refractivity (Wildman–Crippen MR) is 70.0 cm³/mol. The molecule has 2 aromatic rings. The summed E-state index contributed by atoms with van der Waals surface area (Å²) in [5.41, 5.74) is 4.70. The average Bonchev–Trinajstić information content (AvgIpc) is 2.98. The van der Waals surface area contributed by atoms with E-state index in [1.165, 1.54) is 17.3 Å². The largest absolute Gasteiger partial charge is 0.394 e. The highest BCUT2D eigenvalue weighted by Crippen LogP contribution is 2.16. The van der Waals surface area contributed by atoms with Crippen LogP contribution in [0.15, 0.2) is 12.7 Å². The third-order valence-corrected chi connectivity index (χ3v) is 2.92. The van der Waals surface area contributed by atoms with E-state index in [0.29, 0.717) is 6.42 Å². The number of nitrogens with zero attached hydrogens (tertiary/aromatic N) is 6. The lowest BCUT2D eigenvalue weighted by molar-refractivity contribution is 0.132. The molecule has 0 aliphatic heterocycles. The van der Waals surface area contributed by atoms with Crippen LogP contribution in [0, 0.1) is 0 Å². The molecule has 0 atom stereocenters. The molecule has 10 heteroatoms. The number of aliphatic hydroxyl groups is 2. The van der Waals surface area contributed by atoms with Gasteiger partial charge in [-0.3, -0.25) is 0 Å². The molecule has 2 aromatic heterocycles. The van der Waals surface area contributed by atoms with Crippen molar-refractivity contribution in [3.63, 3.8) is 0 Å². The molecule has 0 amide bonds. The number of nitrogens with one attached hydrogen (secondary N) is 1. The first-order chi connectivity index (χ1) is 9.62. The molecule has 2 rings (SSSR count). The monoisotopic (exact) mass is 280 g/mol. The van der Waals surface area contributed by atoms with E-state index in [-0.39, 0.29) is 31.1 Å². The molecule has 0 spiro atoms. The Morgan fingerprint density at radius 3 is 2.60 bits per heavy atom. The van der Waals surface area contributed by atoms with Gasteiger partial charge in [-0.25, -0.2) is 4.98 Å². The standard InChI is InChI=1S/C10H16N8O2/c1-2-10(3-19,4-20)17-8-14-7(11)15-9(16-8)18-6-12-5-13-18/h5-6,19-20H,2-4H2,1H3,(H3,11,14,15,16,17). The maximum atomic E-state index is 9.41. The van der Waals surface area contributed by atoms with Gasteiger partial charge in [-0.2, -0.15) is 24.7 Å². The number of hydrogen-bond donors (Lipinski definition) is 4. The van der Waals surface area contributed by atoms with Crippen molar-refractivity contribution in [3.05, 3.63) is 12.7 Å². The SMILES string of the molecule is CCC(CO)(CO)Nc1nc(N)nc(-n2cncn2)n1. The van der Waals surface area contributed by atoms with Crippen molar-refractivity contribution >= 4 is 11.9 Å². The quantitative estimate of drug-likeness (QED) is 0.500. The Hall–Kier alpha value is -2.33. The van der Waals surface area contributed by atoms with Crippen LogP contribution in [0.3, 0.4) is 0 Å². The Labute approximate surface area is 114 Å². The summed E-state index contributed by atoms with van der Waals surface area (Å²) in [4.78, 5) is 15.8. The minimum Gasteiger partial charge on any atom is -0.394 e. The zero-order chi connectivity index (χ0) is 14.6. The summed E-state index contributed by atoms with van der Waals surface area (Å²) in [7, 11) is 0. The molecule has 5 N–H and O–H groups in total. The van der Waals surface area contributed by atoms with Crippen LogP contribution in [0.1, 0.15) is 13.3 Å². The van der Waals surface area contributed by atoms with E-state index in [4.69, 9.17) is 5.73 Å². The molecule has 0 aromatic carbocycles. The molecule has 108 valence electrons. The van der Waals surface area contributed by atoms with Gasteiger partial charge in [0.05, 0.1) is 18.8 Å². The first kappa shape index (κ1) is 14.1. The van der Waals surface area contributed by atoms with Crippen molar-refractivity contribution in [2.75, 3.05) is 24.3 Å². The number of aliphatic hydroxyl groups excluding tert-OH is 2. The smallest absolute Gasteiger partial charge is 0.258 e. The second-order valence-corrected chi connectivity index (χ2v) is 4.23. The minimum atomic E-state index is -0.923. The van der Waals surface area contributed by atoms with Crippen molar-refractivity contribution in [2.45, 2.75) is 18.9 Å². The minimum absolute atomic E-state index is 0.00566. The normalized spacial score (nSPS) is 11.6. The summed E-state index contributed by atoms with van der Waals surface area (Å²) in [6, 6.07) is 0. The van der Waals surface area contributed by atoms with Crippen LogP contribution >= 0.6 is 0 Å². The zero-order valence-electron chi connectivity index (χ0n) is 10.9. The third kappa shape index (κ3) is 2.81. The lowest BCUT2D eigenvalue weighted by Crippen LogP contribution is -2.45. The fraction of sp³-hybridized carbons (Fsp3) is 0.500. The van der Waals surface area contributed by atoms with E-state index >= 15 is 0 Å². The molecule has 10 nitrogen and oxygen atoms in total. The Morgan fingerprint density at radius 2 is 2.05 bits per heavy atom. The molecule has 20 heavy (non-hydrogen) atoms. The van der Waals surface area contributed by atoms with Gasteiger partial charge < -0.3 is 21.3 Å². The van der Waals surface area contributed by atoms with Crippen LogP contribution in [0.5, 0.6) is 0 Å². The Bertz CT molecular complexity index is 546. The summed E-state index contributed by atoms with van der Waals surface area (Å²) in [5.74, 6) is 0.334. The number of nitrogens with two attached hydrogens (primary N) is 1. The van der Waals surface area contributed by atoms with Crippen LogP contribution in [0.4, 0.5) is 11.9 Å². The van der Waals surface area contributed by atoms with Crippen molar-refractivity contribution in [1.29, 1.82) is 0 Å². The van der Waals surface area contributed by atoms with Crippen LogP contribution in [0.25, 0.3) is 5.95 Å². The van der Waals surface area contributed by atoms with Crippen molar-refractivity contribution < 1.29 is 10.2 Å². The van der Waals surface area contributed by atoms with Crippen LogP contribution < -0.4 is 11.1 Å². The summed E-state index contributed by atoms with van der Waals surface area (Å²) in [6.07, 6.45) is 3.23. The molecular formula is C10H16N8O2. The van der Waals surface area contributed by atoms with E-state index < -0.39 is 5.54 Å². The van der Waals surface area contributed by atoms with E-state index in [1.807, 2.05) is 6.92 Å². The average molecular weight is 280 g/mol.